The zero-order valence-corrected chi connectivity index (χ0v) is 10.3. The molecule has 1 aliphatic rings. The quantitative estimate of drug-likeness (QED) is 0.905. The van der Waals surface area contributed by atoms with E-state index in [1.807, 2.05) is 0 Å². The first kappa shape index (κ1) is 12.9. The monoisotopic (exact) mass is 260 g/mol. The van der Waals surface area contributed by atoms with E-state index in [9.17, 15) is 13.2 Å². The predicted octanol–water partition coefficient (Wildman–Crippen LogP) is 2.21. The van der Waals surface area contributed by atoms with Crippen molar-refractivity contribution in [3.63, 3.8) is 0 Å². The van der Waals surface area contributed by atoms with Crippen molar-refractivity contribution in [2.24, 2.45) is 0 Å². The maximum absolute atomic E-state index is 12.6. The van der Waals surface area contributed by atoms with Crippen molar-refractivity contribution in [2.45, 2.75) is 38.9 Å². The maximum atomic E-state index is 12.6. The molecule has 2 rings (SSSR count). The van der Waals surface area contributed by atoms with E-state index >= 15 is 0 Å². The molecular weight excluding hydrogens is 245 g/mol. The van der Waals surface area contributed by atoms with Crippen molar-refractivity contribution < 1.29 is 13.2 Å². The molecule has 1 aromatic heterocycles. The Kier molecular flexibility index (Phi) is 3.08. The number of anilines is 2. The van der Waals surface area contributed by atoms with Crippen LogP contribution in [0.15, 0.2) is 0 Å². The van der Waals surface area contributed by atoms with Crippen LogP contribution in [-0.2, 0) is 0 Å². The highest BCUT2D eigenvalue weighted by molar-refractivity contribution is 5.57. The molecule has 0 unspecified atom stereocenters. The van der Waals surface area contributed by atoms with Gasteiger partial charge >= 0.3 is 6.18 Å². The fraction of sp³-hybridized carbons (Fsp3) is 0.636. The molecule has 2 N–H and O–H groups in total. The molecule has 0 atom stereocenters. The number of aromatic nitrogens is 2. The number of rotatable bonds is 3. The van der Waals surface area contributed by atoms with Gasteiger partial charge in [0.15, 0.2) is 0 Å². The largest absolute Gasteiger partial charge is 0.405 e. The van der Waals surface area contributed by atoms with Crippen molar-refractivity contribution in [3.8, 4) is 0 Å². The topological polar surface area (TPSA) is 55.0 Å². The highest BCUT2D eigenvalue weighted by Gasteiger charge is 2.39. The smallest absolute Gasteiger partial charge is 0.383 e. The van der Waals surface area contributed by atoms with Crippen LogP contribution in [0.3, 0.4) is 0 Å². The molecule has 0 radical (unpaired) electrons. The standard InChI is InChI=1S/C11H15F3N4/c1-6-9(15)16-7(2)17-10(6)18(8-3-4-8)5-11(12,13)14/h8H,3-5H2,1-2H3,(H2,15,16,17). The molecule has 4 nitrogen and oxygen atoms in total. The maximum Gasteiger partial charge on any atom is 0.405 e. The second kappa shape index (κ2) is 4.29. The van der Waals surface area contributed by atoms with Gasteiger partial charge in [-0.1, -0.05) is 0 Å². The first-order valence-corrected chi connectivity index (χ1v) is 5.72. The van der Waals surface area contributed by atoms with Crippen LogP contribution < -0.4 is 10.6 Å². The van der Waals surface area contributed by atoms with Crippen molar-refractivity contribution in [2.75, 3.05) is 17.2 Å². The van der Waals surface area contributed by atoms with Crippen LogP contribution >= 0.6 is 0 Å². The van der Waals surface area contributed by atoms with Crippen molar-refractivity contribution in [1.29, 1.82) is 0 Å². The van der Waals surface area contributed by atoms with E-state index < -0.39 is 12.7 Å². The van der Waals surface area contributed by atoms with Gasteiger partial charge in [0, 0.05) is 11.6 Å². The number of hydrogen-bond acceptors (Lipinski definition) is 4. The van der Waals surface area contributed by atoms with E-state index in [1.54, 1.807) is 13.8 Å². The van der Waals surface area contributed by atoms with Gasteiger partial charge in [0.1, 0.15) is 24.0 Å². The highest BCUT2D eigenvalue weighted by atomic mass is 19.4. The summed E-state index contributed by atoms with van der Waals surface area (Å²) in [5, 5.41) is 0. The molecule has 1 aromatic rings. The third-order valence-corrected chi connectivity index (χ3v) is 2.88. The Morgan fingerprint density at radius 2 is 1.89 bits per heavy atom. The summed E-state index contributed by atoms with van der Waals surface area (Å²) in [7, 11) is 0. The molecule has 0 aliphatic heterocycles. The van der Waals surface area contributed by atoms with E-state index in [1.165, 1.54) is 4.90 Å². The third kappa shape index (κ3) is 2.83. The molecular formula is C11H15F3N4. The molecule has 0 bridgehead atoms. The Bertz CT molecular complexity index is 454. The molecule has 0 amide bonds. The highest BCUT2D eigenvalue weighted by Crippen LogP contribution is 2.35. The van der Waals surface area contributed by atoms with Crippen molar-refractivity contribution >= 4 is 11.6 Å². The summed E-state index contributed by atoms with van der Waals surface area (Å²) < 4.78 is 37.8. The zero-order valence-electron chi connectivity index (χ0n) is 10.3. The summed E-state index contributed by atoms with van der Waals surface area (Å²) >= 11 is 0. The van der Waals surface area contributed by atoms with E-state index in [2.05, 4.69) is 9.97 Å². The van der Waals surface area contributed by atoms with Crippen LogP contribution in [0.2, 0.25) is 0 Å². The molecule has 18 heavy (non-hydrogen) atoms. The molecule has 0 saturated heterocycles. The molecule has 0 aromatic carbocycles. The van der Waals surface area contributed by atoms with Crippen LogP contribution in [-0.4, -0.2) is 28.7 Å². The predicted molar refractivity (Wildman–Crippen MR) is 62.3 cm³/mol. The number of halogens is 3. The van der Waals surface area contributed by atoms with Gasteiger partial charge in [-0.05, 0) is 26.7 Å². The molecule has 100 valence electrons. The molecule has 7 heteroatoms. The van der Waals surface area contributed by atoms with Crippen LogP contribution in [0.1, 0.15) is 24.2 Å². The van der Waals surface area contributed by atoms with Gasteiger partial charge in [0.05, 0.1) is 0 Å². The van der Waals surface area contributed by atoms with E-state index in [-0.39, 0.29) is 11.9 Å². The van der Waals surface area contributed by atoms with Crippen LogP contribution in [0, 0.1) is 13.8 Å². The fourth-order valence-electron chi connectivity index (χ4n) is 1.87. The van der Waals surface area contributed by atoms with Gasteiger partial charge in [-0.3, -0.25) is 0 Å². The van der Waals surface area contributed by atoms with Gasteiger partial charge in [-0.15, -0.1) is 0 Å². The van der Waals surface area contributed by atoms with Gasteiger partial charge in [-0.2, -0.15) is 13.2 Å². The number of nitrogens with two attached hydrogens (primary N) is 1. The van der Waals surface area contributed by atoms with E-state index in [4.69, 9.17) is 5.73 Å². The van der Waals surface area contributed by atoms with E-state index in [0.717, 1.165) is 12.8 Å². The number of nitrogens with zero attached hydrogens (tertiary/aromatic N) is 3. The SMILES string of the molecule is Cc1nc(N)c(C)c(N(CC(F)(F)F)C2CC2)n1. The van der Waals surface area contributed by atoms with Crippen molar-refractivity contribution in [1.82, 2.24) is 9.97 Å². The lowest BCUT2D eigenvalue weighted by molar-refractivity contribution is -0.120. The fourth-order valence-corrected chi connectivity index (χ4v) is 1.87. The third-order valence-electron chi connectivity index (χ3n) is 2.88. The lowest BCUT2D eigenvalue weighted by Crippen LogP contribution is -2.37. The molecule has 1 fully saturated rings. The summed E-state index contributed by atoms with van der Waals surface area (Å²) in [6.45, 7) is 2.28. The summed E-state index contributed by atoms with van der Waals surface area (Å²) in [5.41, 5.74) is 6.20. The summed E-state index contributed by atoms with van der Waals surface area (Å²) in [6, 6.07) is -0.0842. The van der Waals surface area contributed by atoms with Crippen LogP contribution in [0.4, 0.5) is 24.8 Å². The Morgan fingerprint density at radius 1 is 1.28 bits per heavy atom. The van der Waals surface area contributed by atoms with Gasteiger partial charge in [-0.25, -0.2) is 9.97 Å². The second-order valence-corrected chi connectivity index (χ2v) is 4.58. The minimum absolute atomic E-state index is 0.0842. The normalized spacial score (nSPS) is 15.8. The average molecular weight is 260 g/mol. The number of aryl methyl sites for hydroxylation is 1. The molecule has 1 saturated carbocycles. The summed E-state index contributed by atoms with van der Waals surface area (Å²) in [4.78, 5) is 9.36. The van der Waals surface area contributed by atoms with Crippen LogP contribution in [0.25, 0.3) is 0 Å². The molecule has 1 aliphatic carbocycles. The molecule has 0 spiro atoms. The first-order valence-electron chi connectivity index (χ1n) is 5.72. The Morgan fingerprint density at radius 3 is 2.39 bits per heavy atom. The number of hydrogen-bond donors (Lipinski definition) is 1. The lowest BCUT2D eigenvalue weighted by atomic mass is 10.2. The average Bonchev–Trinajstić information content (AvgIpc) is 3.02. The van der Waals surface area contributed by atoms with Gasteiger partial charge in [0.25, 0.3) is 0 Å². The minimum Gasteiger partial charge on any atom is -0.383 e. The first-order chi connectivity index (χ1) is 8.28. The second-order valence-electron chi connectivity index (χ2n) is 4.58. The Balaban J connectivity index is 2.36. The number of nitrogen functional groups attached to an aromatic ring is 1. The van der Waals surface area contributed by atoms with Crippen LogP contribution in [0.5, 0.6) is 0 Å². The summed E-state index contributed by atoms with van der Waals surface area (Å²) in [5.74, 6) is 0.936. The van der Waals surface area contributed by atoms with Crippen molar-refractivity contribution in [3.05, 3.63) is 11.4 Å². The molecule has 1 heterocycles. The van der Waals surface area contributed by atoms with E-state index in [0.29, 0.717) is 17.2 Å². The number of alkyl halides is 3. The Hall–Kier alpha value is -1.53. The minimum atomic E-state index is -4.25. The lowest BCUT2D eigenvalue weighted by Gasteiger charge is -2.26. The van der Waals surface area contributed by atoms with Gasteiger partial charge < -0.3 is 10.6 Å². The summed E-state index contributed by atoms with van der Waals surface area (Å²) in [6.07, 6.45) is -2.72. The van der Waals surface area contributed by atoms with Gasteiger partial charge in [0.2, 0.25) is 0 Å². The Labute approximate surface area is 103 Å². The zero-order chi connectivity index (χ0) is 13.5.